The second-order valence-corrected chi connectivity index (χ2v) is 11.4. The van der Waals surface area contributed by atoms with E-state index in [9.17, 15) is 13.2 Å². The van der Waals surface area contributed by atoms with Crippen molar-refractivity contribution in [2.45, 2.75) is 31.3 Å². The van der Waals surface area contributed by atoms with Crippen molar-refractivity contribution in [1.29, 1.82) is 0 Å². The summed E-state index contributed by atoms with van der Waals surface area (Å²) in [6.07, 6.45) is 1.11. The Labute approximate surface area is 194 Å². The standard InChI is InChI=1S/C23H29ClN2O3S2/c1-18-5-7-19(8-6-18)16-30-14-11-25-23(27)21-9-12-26(13-10-21)31(28,29)17-20-3-2-4-22(24)15-20/h2-8,15,21H,9-14,16-17H2,1H3,(H,25,27). The molecule has 0 unspecified atom stereocenters. The van der Waals surface area contributed by atoms with Crippen LogP contribution in [0.5, 0.6) is 0 Å². The number of piperidine rings is 1. The number of aryl methyl sites for hydroxylation is 1. The Morgan fingerprint density at radius 2 is 1.84 bits per heavy atom. The molecule has 1 aliphatic rings. The molecule has 1 heterocycles. The molecule has 2 aromatic rings. The molecule has 0 bridgehead atoms. The number of hydrogen-bond acceptors (Lipinski definition) is 4. The smallest absolute Gasteiger partial charge is 0.223 e. The molecule has 0 radical (unpaired) electrons. The molecule has 2 aromatic carbocycles. The van der Waals surface area contributed by atoms with Crippen LogP contribution in [0.2, 0.25) is 5.02 Å². The normalized spacial score (nSPS) is 15.7. The Bertz CT molecular complexity index is 973. The first kappa shape index (κ1) is 24.1. The van der Waals surface area contributed by atoms with Gasteiger partial charge in [0.05, 0.1) is 5.75 Å². The van der Waals surface area contributed by atoms with Gasteiger partial charge in [0, 0.05) is 42.1 Å². The summed E-state index contributed by atoms with van der Waals surface area (Å²) in [5.74, 6) is 1.62. The molecule has 1 amide bonds. The van der Waals surface area contributed by atoms with Gasteiger partial charge in [0.1, 0.15) is 0 Å². The van der Waals surface area contributed by atoms with E-state index in [1.807, 2.05) is 0 Å². The molecule has 1 aliphatic heterocycles. The van der Waals surface area contributed by atoms with Crippen LogP contribution in [0.15, 0.2) is 48.5 Å². The van der Waals surface area contributed by atoms with E-state index in [1.165, 1.54) is 15.4 Å². The van der Waals surface area contributed by atoms with E-state index in [0.29, 0.717) is 43.1 Å². The van der Waals surface area contributed by atoms with E-state index in [1.54, 1.807) is 36.0 Å². The van der Waals surface area contributed by atoms with Crippen LogP contribution in [-0.2, 0) is 26.3 Å². The maximum Gasteiger partial charge on any atom is 0.223 e. The third kappa shape index (κ3) is 7.52. The molecular formula is C23H29ClN2O3S2. The van der Waals surface area contributed by atoms with Crippen LogP contribution in [-0.4, -0.2) is 44.0 Å². The molecule has 1 fully saturated rings. The van der Waals surface area contributed by atoms with Crippen LogP contribution in [0.3, 0.4) is 0 Å². The van der Waals surface area contributed by atoms with E-state index in [-0.39, 0.29) is 17.6 Å². The number of thioether (sulfide) groups is 1. The SMILES string of the molecule is Cc1ccc(CSCCNC(=O)C2CCN(S(=O)(=O)Cc3cccc(Cl)c3)CC2)cc1. The number of sulfonamides is 1. The molecule has 8 heteroatoms. The molecule has 31 heavy (non-hydrogen) atoms. The predicted octanol–water partition coefficient (Wildman–Crippen LogP) is 4.24. The van der Waals surface area contributed by atoms with Gasteiger partial charge in [0.25, 0.3) is 0 Å². The fourth-order valence-corrected chi connectivity index (χ4v) is 6.17. The summed E-state index contributed by atoms with van der Waals surface area (Å²) in [5, 5.41) is 3.53. The lowest BCUT2D eigenvalue weighted by atomic mass is 9.97. The molecular weight excluding hydrogens is 452 g/mol. The van der Waals surface area contributed by atoms with Crippen molar-refractivity contribution >= 4 is 39.3 Å². The molecule has 3 rings (SSSR count). The van der Waals surface area contributed by atoms with Gasteiger partial charge >= 0.3 is 0 Å². The third-order valence-corrected chi connectivity index (χ3v) is 8.51. The molecule has 5 nitrogen and oxygen atoms in total. The average Bonchev–Trinajstić information content (AvgIpc) is 2.74. The number of carbonyl (C=O) groups excluding carboxylic acids is 1. The number of nitrogens with zero attached hydrogens (tertiary/aromatic N) is 1. The van der Waals surface area contributed by atoms with Gasteiger partial charge in [-0.25, -0.2) is 12.7 Å². The minimum absolute atomic E-state index is 0.0304. The first-order valence-electron chi connectivity index (χ1n) is 10.5. The number of rotatable bonds is 9. The Morgan fingerprint density at radius 1 is 1.13 bits per heavy atom. The van der Waals surface area contributed by atoms with Crippen molar-refractivity contribution in [1.82, 2.24) is 9.62 Å². The molecule has 168 valence electrons. The number of benzene rings is 2. The minimum atomic E-state index is -3.42. The van der Waals surface area contributed by atoms with Gasteiger partial charge in [-0.2, -0.15) is 11.8 Å². The predicted molar refractivity (Wildman–Crippen MR) is 129 cm³/mol. The molecule has 1 saturated heterocycles. The van der Waals surface area contributed by atoms with Crippen molar-refractivity contribution in [3.05, 3.63) is 70.2 Å². The van der Waals surface area contributed by atoms with Crippen LogP contribution in [0.4, 0.5) is 0 Å². The Balaban J connectivity index is 1.36. The molecule has 0 aliphatic carbocycles. The highest BCUT2D eigenvalue weighted by Gasteiger charge is 2.31. The molecule has 0 aromatic heterocycles. The van der Waals surface area contributed by atoms with Gasteiger partial charge in [-0.3, -0.25) is 4.79 Å². The van der Waals surface area contributed by atoms with Crippen LogP contribution in [0.1, 0.15) is 29.5 Å². The Kier molecular flexibility index (Phi) is 8.84. The van der Waals surface area contributed by atoms with E-state index >= 15 is 0 Å². The largest absolute Gasteiger partial charge is 0.355 e. The molecule has 0 atom stereocenters. The maximum absolute atomic E-state index is 12.7. The molecule has 0 spiro atoms. The second-order valence-electron chi connectivity index (χ2n) is 7.89. The first-order valence-corrected chi connectivity index (χ1v) is 13.6. The summed E-state index contributed by atoms with van der Waals surface area (Å²) < 4.78 is 26.9. The van der Waals surface area contributed by atoms with Crippen molar-refractivity contribution in [3.63, 3.8) is 0 Å². The average molecular weight is 481 g/mol. The highest BCUT2D eigenvalue weighted by atomic mass is 35.5. The minimum Gasteiger partial charge on any atom is -0.355 e. The van der Waals surface area contributed by atoms with Crippen molar-refractivity contribution in [3.8, 4) is 0 Å². The second kappa shape index (κ2) is 11.4. The maximum atomic E-state index is 12.7. The van der Waals surface area contributed by atoms with Gasteiger partial charge in [-0.1, -0.05) is 53.6 Å². The summed E-state index contributed by atoms with van der Waals surface area (Å²) in [7, 11) is -3.42. The summed E-state index contributed by atoms with van der Waals surface area (Å²) in [4.78, 5) is 12.5. The molecule has 1 N–H and O–H groups in total. The summed E-state index contributed by atoms with van der Waals surface area (Å²) in [6.45, 7) is 3.46. The van der Waals surface area contributed by atoms with E-state index < -0.39 is 10.0 Å². The quantitative estimate of drug-likeness (QED) is 0.545. The van der Waals surface area contributed by atoms with Crippen molar-refractivity contribution in [2.24, 2.45) is 5.92 Å². The van der Waals surface area contributed by atoms with Gasteiger partial charge in [-0.15, -0.1) is 0 Å². The Morgan fingerprint density at radius 3 is 2.52 bits per heavy atom. The zero-order valence-electron chi connectivity index (χ0n) is 17.7. The number of carbonyl (C=O) groups is 1. The van der Waals surface area contributed by atoms with Gasteiger partial charge in [0.15, 0.2) is 0 Å². The highest BCUT2D eigenvalue weighted by molar-refractivity contribution is 7.98. The fourth-order valence-electron chi connectivity index (χ4n) is 3.59. The van der Waals surface area contributed by atoms with Gasteiger partial charge < -0.3 is 5.32 Å². The van der Waals surface area contributed by atoms with Crippen LogP contribution in [0, 0.1) is 12.8 Å². The summed E-state index contributed by atoms with van der Waals surface area (Å²) in [6, 6.07) is 15.4. The number of hydrogen-bond donors (Lipinski definition) is 1. The van der Waals surface area contributed by atoms with Crippen molar-refractivity contribution in [2.75, 3.05) is 25.4 Å². The summed E-state index contributed by atoms with van der Waals surface area (Å²) >= 11 is 7.75. The van der Waals surface area contributed by atoms with E-state index in [0.717, 1.165) is 11.5 Å². The lowest BCUT2D eigenvalue weighted by Crippen LogP contribution is -2.43. The van der Waals surface area contributed by atoms with Gasteiger partial charge in [-0.05, 0) is 43.0 Å². The number of nitrogens with one attached hydrogen (secondary N) is 1. The first-order chi connectivity index (χ1) is 14.8. The van der Waals surface area contributed by atoms with Crippen LogP contribution in [0.25, 0.3) is 0 Å². The zero-order valence-corrected chi connectivity index (χ0v) is 20.1. The Hall–Kier alpha value is -1.54. The van der Waals surface area contributed by atoms with E-state index in [4.69, 9.17) is 11.6 Å². The zero-order chi connectivity index (χ0) is 22.3. The van der Waals surface area contributed by atoms with Crippen LogP contribution >= 0.6 is 23.4 Å². The monoisotopic (exact) mass is 480 g/mol. The number of halogens is 1. The topological polar surface area (TPSA) is 66.5 Å². The number of amides is 1. The third-order valence-electron chi connectivity index (χ3n) is 5.39. The highest BCUT2D eigenvalue weighted by Crippen LogP contribution is 2.23. The van der Waals surface area contributed by atoms with Gasteiger partial charge in [0.2, 0.25) is 15.9 Å². The van der Waals surface area contributed by atoms with Crippen molar-refractivity contribution < 1.29 is 13.2 Å². The molecule has 0 saturated carbocycles. The lowest BCUT2D eigenvalue weighted by molar-refractivity contribution is -0.125. The summed E-state index contributed by atoms with van der Waals surface area (Å²) in [5.41, 5.74) is 3.22. The fraction of sp³-hybridized carbons (Fsp3) is 0.435. The lowest BCUT2D eigenvalue weighted by Gasteiger charge is -2.30. The van der Waals surface area contributed by atoms with Crippen LogP contribution < -0.4 is 5.32 Å². The van der Waals surface area contributed by atoms with E-state index in [2.05, 4.69) is 36.5 Å².